The number of esters is 1. The molecular weight excluding hydrogens is 370 g/mol. The summed E-state index contributed by atoms with van der Waals surface area (Å²) in [6.45, 7) is 1.40. The highest BCUT2D eigenvalue weighted by Crippen LogP contribution is 2.35. The van der Waals surface area contributed by atoms with E-state index in [1.807, 2.05) is 0 Å². The maximum absolute atomic E-state index is 12.4. The van der Waals surface area contributed by atoms with Crippen LogP contribution < -0.4 is 5.32 Å². The monoisotopic (exact) mass is 385 g/mol. The van der Waals surface area contributed by atoms with Crippen LogP contribution in [0.25, 0.3) is 10.8 Å². The van der Waals surface area contributed by atoms with Crippen LogP contribution in [0.15, 0.2) is 54.6 Å². The third kappa shape index (κ3) is 3.96. The number of ether oxygens (including phenoxy) is 1. The van der Waals surface area contributed by atoms with Crippen molar-refractivity contribution in [2.45, 2.75) is 13.0 Å². The highest BCUT2D eigenvalue weighted by molar-refractivity contribution is 6.30. The van der Waals surface area contributed by atoms with Gasteiger partial charge in [-0.05, 0) is 31.2 Å². The number of amides is 1. The molecule has 0 bridgehead atoms. The number of aromatic hydroxyl groups is 2. The van der Waals surface area contributed by atoms with E-state index in [1.54, 1.807) is 48.5 Å². The van der Waals surface area contributed by atoms with Crippen LogP contribution in [0.4, 0.5) is 5.69 Å². The molecule has 27 heavy (non-hydrogen) atoms. The van der Waals surface area contributed by atoms with Crippen LogP contribution >= 0.6 is 11.6 Å². The largest absolute Gasteiger partial charge is 0.507 e. The Bertz CT molecular complexity index is 1030. The second-order valence-electron chi connectivity index (χ2n) is 5.88. The van der Waals surface area contributed by atoms with E-state index >= 15 is 0 Å². The minimum Gasteiger partial charge on any atom is -0.507 e. The van der Waals surface area contributed by atoms with Crippen molar-refractivity contribution in [3.05, 3.63) is 65.2 Å². The van der Waals surface area contributed by atoms with Crippen molar-refractivity contribution >= 4 is 39.9 Å². The molecule has 0 spiro atoms. The fourth-order valence-corrected chi connectivity index (χ4v) is 2.77. The van der Waals surface area contributed by atoms with Gasteiger partial charge in [-0.25, -0.2) is 4.79 Å². The zero-order chi connectivity index (χ0) is 19.6. The predicted octanol–water partition coefficient (Wildman–Crippen LogP) is 4.09. The Morgan fingerprint density at radius 2 is 1.74 bits per heavy atom. The molecule has 0 fully saturated rings. The van der Waals surface area contributed by atoms with Crippen molar-refractivity contribution in [2.24, 2.45) is 0 Å². The molecule has 1 amide bonds. The number of carbonyl (C=O) groups excluding carboxylic acids is 2. The Morgan fingerprint density at radius 1 is 1.04 bits per heavy atom. The summed E-state index contributed by atoms with van der Waals surface area (Å²) in [6.07, 6.45) is -1.13. The Kier molecular flexibility index (Phi) is 5.19. The molecule has 6 nitrogen and oxygen atoms in total. The summed E-state index contributed by atoms with van der Waals surface area (Å²) in [4.78, 5) is 24.6. The van der Waals surface area contributed by atoms with Crippen molar-refractivity contribution in [2.75, 3.05) is 5.32 Å². The van der Waals surface area contributed by atoms with Gasteiger partial charge in [0.25, 0.3) is 5.91 Å². The average Bonchev–Trinajstić information content (AvgIpc) is 2.64. The maximum Gasteiger partial charge on any atom is 0.342 e. The van der Waals surface area contributed by atoms with Gasteiger partial charge in [0.2, 0.25) is 0 Å². The van der Waals surface area contributed by atoms with Gasteiger partial charge < -0.3 is 20.3 Å². The Hall–Kier alpha value is -3.25. The first-order valence-corrected chi connectivity index (χ1v) is 8.45. The molecule has 3 aromatic rings. The van der Waals surface area contributed by atoms with Gasteiger partial charge in [-0.1, -0.05) is 41.9 Å². The van der Waals surface area contributed by atoms with Gasteiger partial charge in [-0.15, -0.1) is 0 Å². The molecule has 0 saturated carbocycles. The summed E-state index contributed by atoms with van der Waals surface area (Å²) in [5, 5.41) is 24.2. The summed E-state index contributed by atoms with van der Waals surface area (Å²) >= 11 is 5.86. The van der Waals surface area contributed by atoms with Gasteiger partial charge in [0.05, 0.1) is 0 Å². The van der Waals surface area contributed by atoms with Gasteiger partial charge >= 0.3 is 5.97 Å². The fraction of sp³-hybridized carbons (Fsp3) is 0.100. The number of carbonyl (C=O) groups is 2. The van der Waals surface area contributed by atoms with Gasteiger partial charge in [-0.2, -0.15) is 0 Å². The molecule has 0 aliphatic heterocycles. The molecule has 1 atom stereocenters. The van der Waals surface area contributed by atoms with Gasteiger partial charge in [-0.3, -0.25) is 4.79 Å². The van der Waals surface area contributed by atoms with Crippen LogP contribution in [-0.4, -0.2) is 28.2 Å². The standard InChI is InChI=1S/C20H16ClNO5/c1-11(19(25)22-13-6-4-5-12(21)9-13)27-20(26)16-10-17(23)14-7-2-3-8-15(14)18(16)24/h2-11,23-24H,1H3,(H,22,25)/t11-/m1/s1. The topological polar surface area (TPSA) is 95.9 Å². The van der Waals surface area contributed by atoms with Crippen LogP contribution in [0, 0.1) is 0 Å². The van der Waals surface area contributed by atoms with Crippen molar-refractivity contribution in [3.63, 3.8) is 0 Å². The minimum absolute atomic E-state index is 0.175. The van der Waals surface area contributed by atoms with Crippen molar-refractivity contribution in [1.29, 1.82) is 0 Å². The van der Waals surface area contributed by atoms with Crippen LogP contribution in [0.3, 0.4) is 0 Å². The number of fused-ring (bicyclic) bond motifs is 1. The number of rotatable bonds is 4. The second kappa shape index (κ2) is 7.55. The summed E-state index contributed by atoms with van der Waals surface area (Å²) in [6, 6.07) is 14.2. The lowest BCUT2D eigenvalue weighted by Gasteiger charge is -2.15. The molecule has 0 unspecified atom stereocenters. The summed E-state index contributed by atoms with van der Waals surface area (Å²) < 4.78 is 5.13. The van der Waals surface area contributed by atoms with E-state index in [0.29, 0.717) is 21.5 Å². The molecule has 0 aromatic heterocycles. The highest BCUT2D eigenvalue weighted by atomic mass is 35.5. The van der Waals surface area contributed by atoms with E-state index in [0.717, 1.165) is 6.07 Å². The average molecular weight is 386 g/mol. The number of phenolic OH excluding ortho intramolecular Hbond substituents is 2. The van der Waals surface area contributed by atoms with Crippen LogP contribution in [0.1, 0.15) is 17.3 Å². The molecule has 138 valence electrons. The van der Waals surface area contributed by atoms with Crippen molar-refractivity contribution < 1.29 is 24.5 Å². The first-order valence-electron chi connectivity index (χ1n) is 8.08. The molecular formula is C20H16ClNO5. The molecule has 0 aliphatic carbocycles. The molecule has 0 aliphatic rings. The first kappa shape index (κ1) is 18.5. The maximum atomic E-state index is 12.4. The zero-order valence-corrected chi connectivity index (χ0v) is 15.0. The van der Waals surface area contributed by atoms with E-state index in [4.69, 9.17) is 16.3 Å². The Labute approximate surface area is 160 Å². The van der Waals surface area contributed by atoms with Crippen LogP contribution in [0.2, 0.25) is 5.02 Å². The number of hydrogen-bond acceptors (Lipinski definition) is 5. The van der Waals surface area contributed by atoms with Crippen LogP contribution in [-0.2, 0) is 9.53 Å². The first-order chi connectivity index (χ1) is 12.9. The smallest absolute Gasteiger partial charge is 0.342 e. The third-order valence-electron chi connectivity index (χ3n) is 3.96. The van der Waals surface area contributed by atoms with E-state index in [2.05, 4.69) is 5.32 Å². The molecule has 0 heterocycles. The fourth-order valence-electron chi connectivity index (χ4n) is 2.58. The number of phenols is 2. The molecule has 0 saturated heterocycles. The van der Waals surface area contributed by atoms with E-state index in [1.165, 1.54) is 6.92 Å². The van der Waals surface area contributed by atoms with E-state index < -0.39 is 18.0 Å². The highest BCUT2D eigenvalue weighted by Gasteiger charge is 2.23. The second-order valence-corrected chi connectivity index (χ2v) is 6.32. The molecule has 3 aromatic carbocycles. The Morgan fingerprint density at radius 3 is 2.44 bits per heavy atom. The lowest BCUT2D eigenvalue weighted by Crippen LogP contribution is -2.30. The molecule has 3 N–H and O–H groups in total. The van der Waals surface area contributed by atoms with Gasteiger partial charge in [0.15, 0.2) is 6.10 Å². The van der Waals surface area contributed by atoms with E-state index in [9.17, 15) is 19.8 Å². The molecule has 7 heteroatoms. The molecule has 0 radical (unpaired) electrons. The minimum atomic E-state index is -1.13. The number of anilines is 1. The third-order valence-corrected chi connectivity index (χ3v) is 4.19. The predicted molar refractivity (Wildman–Crippen MR) is 102 cm³/mol. The zero-order valence-electron chi connectivity index (χ0n) is 14.3. The van der Waals surface area contributed by atoms with Crippen molar-refractivity contribution in [1.82, 2.24) is 0 Å². The van der Waals surface area contributed by atoms with Crippen molar-refractivity contribution in [3.8, 4) is 11.5 Å². The van der Waals surface area contributed by atoms with Gasteiger partial charge in [0.1, 0.15) is 17.1 Å². The number of nitrogens with one attached hydrogen (secondary N) is 1. The summed E-state index contributed by atoms with van der Waals surface area (Å²) in [7, 11) is 0. The number of halogens is 1. The SMILES string of the molecule is C[C@@H](OC(=O)c1cc(O)c2ccccc2c1O)C(=O)Nc1cccc(Cl)c1. The van der Waals surface area contributed by atoms with Crippen LogP contribution in [0.5, 0.6) is 11.5 Å². The summed E-state index contributed by atoms with van der Waals surface area (Å²) in [5.74, 6) is -1.99. The lowest BCUT2D eigenvalue weighted by molar-refractivity contribution is -0.123. The quantitative estimate of drug-likeness (QED) is 0.464. The number of benzene rings is 3. The van der Waals surface area contributed by atoms with E-state index in [-0.39, 0.29) is 17.1 Å². The van der Waals surface area contributed by atoms with Gasteiger partial charge in [0, 0.05) is 21.5 Å². The number of hydrogen-bond donors (Lipinski definition) is 3. The molecule has 3 rings (SSSR count). The Balaban J connectivity index is 1.77. The lowest BCUT2D eigenvalue weighted by atomic mass is 10.0. The summed E-state index contributed by atoms with van der Waals surface area (Å²) in [5.41, 5.74) is 0.232. The normalized spacial score (nSPS) is 11.8.